The first-order valence-electron chi connectivity index (χ1n) is 11.3. The van der Waals surface area contributed by atoms with Crippen molar-refractivity contribution in [2.24, 2.45) is 0 Å². The van der Waals surface area contributed by atoms with Crippen LogP contribution in [0.4, 0.5) is 0 Å². The van der Waals surface area contributed by atoms with Gasteiger partial charge in [0.2, 0.25) is 0 Å². The predicted octanol–water partition coefficient (Wildman–Crippen LogP) is 2.03. The Balaban J connectivity index is 0.00000181. The minimum Gasteiger partial charge on any atom is -1.00 e. The van der Waals surface area contributed by atoms with E-state index in [-0.39, 0.29) is 35.6 Å². The van der Waals surface area contributed by atoms with Crippen LogP contribution in [-0.2, 0) is 28.2 Å². The minimum absolute atomic E-state index is 0. The van der Waals surface area contributed by atoms with Crippen molar-refractivity contribution in [2.75, 3.05) is 0 Å². The number of fused-ring (bicyclic) bond motifs is 3. The molecule has 0 fully saturated rings. The molecule has 0 atom stereocenters. The van der Waals surface area contributed by atoms with Gasteiger partial charge in [-0.15, -0.1) is 0 Å². The molecule has 3 heteroatoms. The summed E-state index contributed by atoms with van der Waals surface area (Å²) in [6.45, 7) is 18.8. The average molecular weight is 503 g/mol. The second-order valence-electron chi connectivity index (χ2n) is 11.3. The van der Waals surface area contributed by atoms with Gasteiger partial charge in [0.05, 0.1) is 0 Å². The van der Waals surface area contributed by atoms with Crippen LogP contribution in [0.3, 0.4) is 0 Å². The van der Waals surface area contributed by atoms with Gasteiger partial charge < -0.3 is 24.8 Å². The summed E-state index contributed by atoms with van der Waals surface area (Å²) in [5, 5.41) is 0. The van der Waals surface area contributed by atoms with Crippen LogP contribution in [0.1, 0.15) is 88.3 Å². The van der Waals surface area contributed by atoms with Crippen molar-refractivity contribution in [1.82, 2.24) is 0 Å². The fourth-order valence-electron chi connectivity index (χ4n) is 4.95. The van der Waals surface area contributed by atoms with Crippen molar-refractivity contribution in [2.45, 2.75) is 76.9 Å². The van der Waals surface area contributed by atoms with E-state index in [2.05, 4.69) is 110 Å². The Morgan fingerprint density at radius 3 is 1.59 bits per heavy atom. The molecule has 32 heavy (non-hydrogen) atoms. The molecule has 2 aromatic rings. The molecule has 0 saturated heterocycles. The van der Waals surface area contributed by atoms with Crippen molar-refractivity contribution in [3.63, 3.8) is 0 Å². The fraction of sp³-hybridized carbons (Fsp3) is 0.414. The first-order chi connectivity index (χ1) is 14.0. The molecule has 170 valence electrons. The van der Waals surface area contributed by atoms with Crippen molar-refractivity contribution in [3.05, 3.63) is 80.8 Å². The van der Waals surface area contributed by atoms with Gasteiger partial charge in [-0.25, -0.2) is 0 Å². The van der Waals surface area contributed by atoms with Gasteiger partial charge in [0, 0.05) is 0 Å². The van der Waals surface area contributed by atoms with E-state index in [0.717, 1.165) is 6.42 Å². The third-order valence-corrected chi connectivity index (χ3v) is 11.9. The molecule has 0 N–H and O–H groups in total. The maximum Gasteiger partial charge on any atom is -1.00 e. The van der Waals surface area contributed by atoms with Crippen LogP contribution in [0, 0.1) is 0 Å². The van der Waals surface area contributed by atoms with Crippen LogP contribution in [-0.4, -0.2) is 3.81 Å². The number of rotatable bonds is 2. The normalized spacial score (nSPS) is 14.5. The molecule has 2 aliphatic rings. The number of hydrogen-bond acceptors (Lipinski definition) is 0. The average Bonchev–Trinajstić information content (AvgIpc) is 3.27. The SMILES string of the molecule is C[C](C)=[Ti+2]([C]1=CC=CC1)[CH]1c2cc(C(C)(C)C)ccc2-c2ccc(C(C)(C)C)cc21.[Cl-].[Cl-]. The molecule has 0 radical (unpaired) electrons. The van der Waals surface area contributed by atoms with E-state index < -0.39 is 17.4 Å². The van der Waals surface area contributed by atoms with E-state index in [1.165, 1.54) is 22.3 Å². The van der Waals surface area contributed by atoms with E-state index in [0.29, 0.717) is 4.22 Å². The summed E-state index contributed by atoms with van der Waals surface area (Å²) >= 11 is -1.67. The molecule has 0 nitrogen and oxygen atoms in total. The van der Waals surface area contributed by atoms with Gasteiger partial charge in [0.25, 0.3) is 0 Å². The number of hydrogen-bond donors (Lipinski definition) is 0. The molecule has 4 rings (SSSR count). The molecular weight excluding hydrogens is 467 g/mol. The van der Waals surface area contributed by atoms with E-state index in [4.69, 9.17) is 0 Å². The molecule has 0 heterocycles. The Morgan fingerprint density at radius 2 is 1.25 bits per heavy atom. The Bertz CT molecular complexity index is 1040. The maximum atomic E-state index is 2.55. The topological polar surface area (TPSA) is 0 Å². The zero-order chi connectivity index (χ0) is 21.8. The van der Waals surface area contributed by atoms with Gasteiger partial charge in [-0.2, -0.15) is 0 Å². The van der Waals surface area contributed by atoms with E-state index >= 15 is 0 Å². The third kappa shape index (κ3) is 4.95. The van der Waals surface area contributed by atoms with Crippen LogP contribution in [0.2, 0.25) is 0 Å². The molecule has 2 aliphatic carbocycles. The summed E-state index contributed by atoms with van der Waals surface area (Å²) in [6, 6.07) is 14.6. The third-order valence-electron chi connectivity index (χ3n) is 6.69. The van der Waals surface area contributed by atoms with Gasteiger partial charge >= 0.3 is 190 Å². The molecular formula is C29H36Cl2Ti. The van der Waals surface area contributed by atoms with Gasteiger partial charge in [0.1, 0.15) is 0 Å². The second-order valence-corrected chi connectivity index (χ2v) is 16.0. The van der Waals surface area contributed by atoms with Crippen LogP contribution in [0.5, 0.6) is 0 Å². The van der Waals surface area contributed by atoms with Crippen LogP contribution in [0.25, 0.3) is 11.1 Å². The first kappa shape index (κ1) is 27.3. The largest absolute Gasteiger partial charge is 1.00 e. The van der Waals surface area contributed by atoms with E-state index in [1.807, 2.05) is 0 Å². The van der Waals surface area contributed by atoms with Crippen molar-refractivity contribution in [3.8, 4) is 11.1 Å². The van der Waals surface area contributed by atoms with Gasteiger partial charge in [0.15, 0.2) is 0 Å². The van der Waals surface area contributed by atoms with Crippen LogP contribution in [0.15, 0.2) is 58.5 Å². The molecule has 0 unspecified atom stereocenters. The Kier molecular flexibility index (Phi) is 8.33. The Labute approximate surface area is 213 Å². The Morgan fingerprint density at radius 1 is 0.781 bits per heavy atom. The number of allylic oxidation sites excluding steroid dienone is 4. The van der Waals surface area contributed by atoms with Crippen molar-refractivity contribution in [1.29, 1.82) is 0 Å². The molecule has 0 saturated carbocycles. The summed E-state index contributed by atoms with van der Waals surface area (Å²) in [4.78, 5) is 0. The molecule has 0 aliphatic heterocycles. The van der Waals surface area contributed by atoms with Gasteiger partial charge in [-0.05, 0) is 0 Å². The van der Waals surface area contributed by atoms with E-state index in [9.17, 15) is 0 Å². The summed E-state index contributed by atoms with van der Waals surface area (Å²) in [7, 11) is 0. The first-order valence-corrected chi connectivity index (χ1v) is 13.8. The van der Waals surface area contributed by atoms with Crippen molar-refractivity contribution < 1.29 is 42.2 Å². The number of halogens is 2. The summed E-state index contributed by atoms with van der Waals surface area (Å²) in [5.74, 6) is 0. The summed E-state index contributed by atoms with van der Waals surface area (Å²) in [6.07, 6.45) is 8.21. The minimum atomic E-state index is -1.67. The summed E-state index contributed by atoms with van der Waals surface area (Å²) < 4.78 is 3.97. The molecule has 0 amide bonds. The maximum absolute atomic E-state index is 2.55. The molecule has 0 bridgehead atoms. The van der Waals surface area contributed by atoms with Gasteiger partial charge in [-0.1, -0.05) is 0 Å². The number of benzene rings is 2. The Hall–Kier alpha value is -0.916. The predicted molar refractivity (Wildman–Crippen MR) is 129 cm³/mol. The summed E-state index contributed by atoms with van der Waals surface area (Å²) in [5.41, 5.74) is 9.39. The van der Waals surface area contributed by atoms with Crippen LogP contribution >= 0.6 is 0 Å². The molecule has 2 aromatic carbocycles. The molecule has 0 aromatic heterocycles. The monoisotopic (exact) mass is 502 g/mol. The zero-order valence-corrected chi connectivity index (χ0v) is 23.8. The smallest absolute Gasteiger partial charge is 1.00 e. The second kappa shape index (κ2) is 9.75. The quantitative estimate of drug-likeness (QED) is 0.551. The molecule has 0 spiro atoms. The van der Waals surface area contributed by atoms with E-state index in [1.54, 1.807) is 18.8 Å². The fourth-order valence-corrected chi connectivity index (χ4v) is 10.1. The zero-order valence-electron chi connectivity index (χ0n) is 20.7. The van der Waals surface area contributed by atoms with Crippen molar-refractivity contribution >= 4 is 3.81 Å². The van der Waals surface area contributed by atoms with Crippen LogP contribution < -0.4 is 24.8 Å². The van der Waals surface area contributed by atoms with Gasteiger partial charge in [-0.3, -0.25) is 0 Å². The standard InChI is InChI=1S/C21H25.C5H5.C3H6.2ClH.Ti/c1-20(2,3)16-7-9-18-14(12-16)11-15-13-17(21(4,5)6)8-10-19(15)18;1-2-4-5-3-1;1-3-2;;;/h7-13H,1-6H3;1-3H,4H2;1-2H3;2*1H;/q;;;;;+2/p-2.